The Morgan fingerprint density at radius 1 is 1.12 bits per heavy atom. The minimum atomic E-state index is 0.303. The molecule has 2 aromatic heterocycles. The number of rotatable bonds is 0. The van der Waals surface area contributed by atoms with Crippen molar-refractivity contribution in [3.05, 3.63) is 42.2 Å². The number of hydrogen-bond donors (Lipinski definition) is 1. The number of para-hydroxylation sites is 1. The Hall–Kier alpha value is -2.29. The molecule has 0 atom stereocenters. The van der Waals surface area contributed by atoms with Crippen molar-refractivity contribution in [2.45, 2.75) is 6.92 Å². The molecule has 0 fully saturated rings. The van der Waals surface area contributed by atoms with Gasteiger partial charge in [-0.2, -0.15) is 0 Å². The standard InChI is InChI=1S/C14H10N2O/c1-8-15-12-4-2-3-10-11-7-9(17)5-6-13(11)16(8)14(10)12/h2-7,17H,1H3. The van der Waals surface area contributed by atoms with Crippen LogP contribution < -0.4 is 0 Å². The van der Waals surface area contributed by atoms with Crippen molar-refractivity contribution in [3.63, 3.8) is 0 Å². The summed E-state index contributed by atoms with van der Waals surface area (Å²) in [7, 11) is 0. The lowest BCUT2D eigenvalue weighted by Gasteiger charge is -1.95. The van der Waals surface area contributed by atoms with Gasteiger partial charge >= 0.3 is 0 Å². The number of aryl methyl sites for hydroxylation is 1. The van der Waals surface area contributed by atoms with E-state index in [0.29, 0.717) is 5.75 Å². The highest BCUT2D eigenvalue weighted by molar-refractivity contribution is 6.13. The quantitative estimate of drug-likeness (QED) is 0.496. The molecule has 3 heteroatoms. The molecule has 0 saturated carbocycles. The van der Waals surface area contributed by atoms with E-state index in [1.807, 2.05) is 31.2 Å². The van der Waals surface area contributed by atoms with Gasteiger partial charge in [0, 0.05) is 10.8 Å². The minimum absolute atomic E-state index is 0.303. The van der Waals surface area contributed by atoms with Crippen LogP contribution in [0.3, 0.4) is 0 Å². The first-order valence-corrected chi connectivity index (χ1v) is 5.57. The number of phenolic OH excluding ortho intramolecular Hbond substituents is 1. The second-order valence-electron chi connectivity index (χ2n) is 4.37. The summed E-state index contributed by atoms with van der Waals surface area (Å²) in [6.45, 7) is 2.01. The molecule has 2 aromatic carbocycles. The molecule has 3 nitrogen and oxygen atoms in total. The smallest absolute Gasteiger partial charge is 0.116 e. The van der Waals surface area contributed by atoms with Crippen LogP contribution in [0.25, 0.3) is 27.3 Å². The van der Waals surface area contributed by atoms with E-state index >= 15 is 0 Å². The van der Waals surface area contributed by atoms with Gasteiger partial charge in [0.2, 0.25) is 0 Å². The number of imidazole rings is 1. The lowest BCUT2D eigenvalue weighted by atomic mass is 10.1. The highest BCUT2D eigenvalue weighted by atomic mass is 16.3. The number of nitrogens with zero attached hydrogens (tertiary/aromatic N) is 2. The fourth-order valence-corrected chi connectivity index (χ4v) is 2.69. The fourth-order valence-electron chi connectivity index (χ4n) is 2.69. The predicted octanol–water partition coefficient (Wildman–Crippen LogP) is 3.09. The molecule has 0 spiro atoms. The molecule has 0 amide bonds. The van der Waals surface area contributed by atoms with Gasteiger partial charge in [0.15, 0.2) is 0 Å². The van der Waals surface area contributed by atoms with Crippen LogP contribution in [0.2, 0.25) is 0 Å². The van der Waals surface area contributed by atoms with Gasteiger partial charge < -0.3 is 5.11 Å². The Balaban J connectivity index is 2.46. The molecular formula is C14H10N2O. The minimum Gasteiger partial charge on any atom is -0.508 e. The van der Waals surface area contributed by atoms with E-state index in [1.165, 1.54) is 0 Å². The van der Waals surface area contributed by atoms with Crippen molar-refractivity contribution in [2.75, 3.05) is 0 Å². The van der Waals surface area contributed by atoms with Crippen LogP contribution in [0.1, 0.15) is 5.82 Å². The molecule has 0 radical (unpaired) electrons. The maximum atomic E-state index is 9.61. The Morgan fingerprint density at radius 3 is 2.88 bits per heavy atom. The molecule has 82 valence electrons. The molecule has 0 saturated heterocycles. The lowest BCUT2D eigenvalue weighted by molar-refractivity contribution is 0.476. The normalized spacial score (nSPS) is 12.1. The third kappa shape index (κ3) is 0.940. The molecule has 0 aliphatic heterocycles. The van der Waals surface area contributed by atoms with E-state index in [4.69, 9.17) is 0 Å². The average Bonchev–Trinajstić information content (AvgIpc) is 2.81. The maximum absolute atomic E-state index is 9.61. The summed E-state index contributed by atoms with van der Waals surface area (Å²) in [5.41, 5.74) is 3.25. The van der Waals surface area contributed by atoms with E-state index in [9.17, 15) is 5.11 Å². The number of aromatic nitrogens is 2. The van der Waals surface area contributed by atoms with Crippen LogP contribution in [0, 0.1) is 6.92 Å². The van der Waals surface area contributed by atoms with Gasteiger partial charge in [-0.1, -0.05) is 12.1 Å². The van der Waals surface area contributed by atoms with Gasteiger partial charge in [0.1, 0.15) is 11.6 Å². The summed E-state index contributed by atoms with van der Waals surface area (Å²) in [5.74, 6) is 1.29. The lowest BCUT2D eigenvalue weighted by Crippen LogP contribution is -1.83. The van der Waals surface area contributed by atoms with Gasteiger partial charge in [-0.05, 0) is 31.2 Å². The molecule has 1 N–H and O–H groups in total. The van der Waals surface area contributed by atoms with Crippen molar-refractivity contribution >= 4 is 27.3 Å². The van der Waals surface area contributed by atoms with Crippen molar-refractivity contribution in [1.29, 1.82) is 0 Å². The van der Waals surface area contributed by atoms with Crippen molar-refractivity contribution in [1.82, 2.24) is 9.38 Å². The summed E-state index contributed by atoms with van der Waals surface area (Å²) in [4.78, 5) is 4.55. The Labute approximate surface area is 97.3 Å². The predicted molar refractivity (Wildman–Crippen MR) is 67.8 cm³/mol. The van der Waals surface area contributed by atoms with E-state index in [-0.39, 0.29) is 0 Å². The van der Waals surface area contributed by atoms with Gasteiger partial charge in [0.25, 0.3) is 0 Å². The zero-order chi connectivity index (χ0) is 11.6. The summed E-state index contributed by atoms with van der Waals surface area (Å²) >= 11 is 0. The summed E-state index contributed by atoms with van der Waals surface area (Å²) in [6.07, 6.45) is 0. The van der Waals surface area contributed by atoms with Crippen molar-refractivity contribution in [3.8, 4) is 5.75 Å². The monoisotopic (exact) mass is 222 g/mol. The molecule has 2 heterocycles. The summed E-state index contributed by atoms with van der Waals surface area (Å²) < 4.78 is 2.15. The van der Waals surface area contributed by atoms with Gasteiger partial charge in [-0.25, -0.2) is 4.98 Å². The second kappa shape index (κ2) is 2.69. The van der Waals surface area contributed by atoms with Crippen molar-refractivity contribution in [2.24, 2.45) is 0 Å². The fraction of sp³-hybridized carbons (Fsp3) is 0.0714. The van der Waals surface area contributed by atoms with Crippen LogP contribution in [0.5, 0.6) is 5.75 Å². The molecule has 0 bridgehead atoms. The highest BCUT2D eigenvalue weighted by Crippen LogP contribution is 2.34. The molecular weight excluding hydrogens is 212 g/mol. The van der Waals surface area contributed by atoms with Crippen LogP contribution in [-0.4, -0.2) is 14.5 Å². The van der Waals surface area contributed by atoms with E-state index in [2.05, 4.69) is 15.5 Å². The number of benzene rings is 2. The highest BCUT2D eigenvalue weighted by Gasteiger charge is 2.14. The van der Waals surface area contributed by atoms with Gasteiger partial charge in [-0.15, -0.1) is 0 Å². The average molecular weight is 222 g/mol. The first-order valence-electron chi connectivity index (χ1n) is 5.57. The number of phenols is 1. The summed E-state index contributed by atoms with van der Waals surface area (Å²) in [5, 5.41) is 11.8. The zero-order valence-corrected chi connectivity index (χ0v) is 9.31. The molecule has 4 aromatic rings. The Kier molecular flexibility index (Phi) is 1.39. The third-order valence-electron chi connectivity index (χ3n) is 3.36. The first kappa shape index (κ1) is 8.82. The van der Waals surface area contributed by atoms with Gasteiger partial charge in [0.05, 0.1) is 16.6 Å². The maximum Gasteiger partial charge on any atom is 0.116 e. The third-order valence-corrected chi connectivity index (χ3v) is 3.36. The second-order valence-corrected chi connectivity index (χ2v) is 4.37. The van der Waals surface area contributed by atoms with E-state index < -0.39 is 0 Å². The topological polar surface area (TPSA) is 37.5 Å². The van der Waals surface area contributed by atoms with Crippen molar-refractivity contribution < 1.29 is 5.11 Å². The van der Waals surface area contributed by atoms with Crippen LogP contribution >= 0.6 is 0 Å². The van der Waals surface area contributed by atoms with Crippen LogP contribution in [-0.2, 0) is 0 Å². The largest absolute Gasteiger partial charge is 0.508 e. The number of aromatic hydroxyl groups is 1. The summed E-state index contributed by atoms with van der Waals surface area (Å²) in [6, 6.07) is 11.6. The number of hydrogen-bond acceptors (Lipinski definition) is 2. The van der Waals surface area contributed by atoms with E-state index in [0.717, 1.165) is 33.1 Å². The Bertz CT molecular complexity index is 861. The first-order chi connectivity index (χ1) is 8.25. The van der Waals surface area contributed by atoms with Gasteiger partial charge in [-0.3, -0.25) is 4.40 Å². The van der Waals surface area contributed by atoms with Crippen LogP contribution in [0.15, 0.2) is 36.4 Å². The molecule has 17 heavy (non-hydrogen) atoms. The Morgan fingerprint density at radius 2 is 2.00 bits per heavy atom. The molecule has 0 aliphatic carbocycles. The molecule has 0 unspecified atom stereocenters. The van der Waals surface area contributed by atoms with Crippen LogP contribution in [0.4, 0.5) is 0 Å². The zero-order valence-electron chi connectivity index (χ0n) is 9.31. The van der Waals surface area contributed by atoms with E-state index in [1.54, 1.807) is 6.07 Å². The molecule has 0 aliphatic rings. The molecule has 4 rings (SSSR count). The SMILES string of the molecule is Cc1nc2cccc3c4cc(O)ccc4n1c23. The number of fused-ring (bicyclic) bond motifs is 3.